The highest BCUT2D eigenvalue weighted by Crippen LogP contribution is 2.39. The van der Waals surface area contributed by atoms with Gasteiger partial charge in [-0.15, -0.1) is 22.7 Å². The van der Waals surface area contributed by atoms with Crippen LogP contribution >= 0.6 is 45.9 Å². The van der Waals surface area contributed by atoms with Gasteiger partial charge in [0.1, 0.15) is 21.9 Å². The van der Waals surface area contributed by atoms with Crippen molar-refractivity contribution in [2.24, 2.45) is 10.8 Å². The summed E-state index contributed by atoms with van der Waals surface area (Å²) in [6, 6.07) is 6.24. The molecule has 1 atom stereocenters. The van der Waals surface area contributed by atoms with E-state index in [1.165, 1.54) is 51.9 Å². The summed E-state index contributed by atoms with van der Waals surface area (Å²) in [7, 11) is 0. The molecule has 0 spiro atoms. The number of nitrogens with two attached hydrogens (primary N) is 1. The number of halogens is 3. The van der Waals surface area contributed by atoms with Crippen molar-refractivity contribution < 1.29 is 14.0 Å². The summed E-state index contributed by atoms with van der Waals surface area (Å²) in [5.41, 5.74) is 7.28. The van der Waals surface area contributed by atoms with Crippen LogP contribution in [0.3, 0.4) is 0 Å². The van der Waals surface area contributed by atoms with E-state index in [0.29, 0.717) is 30.7 Å². The van der Waals surface area contributed by atoms with Crippen LogP contribution in [0.5, 0.6) is 0 Å². The summed E-state index contributed by atoms with van der Waals surface area (Å²) >= 11 is 14.6. The Balaban J connectivity index is 1.53. The van der Waals surface area contributed by atoms with Gasteiger partial charge in [-0.05, 0) is 30.3 Å². The summed E-state index contributed by atoms with van der Waals surface area (Å²) in [5.74, 6) is -1.59. The monoisotopic (exact) mass is 483 g/mol. The van der Waals surface area contributed by atoms with Crippen LogP contribution in [0.1, 0.15) is 6.42 Å². The lowest BCUT2D eigenvalue weighted by atomic mass is 10.1. The average molecular weight is 484 g/mol. The van der Waals surface area contributed by atoms with E-state index in [4.69, 9.17) is 28.9 Å². The maximum atomic E-state index is 13.2. The van der Waals surface area contributed by atoms with Gasteiger partial charge >= 0.3 is 0 Å². The highest BCUT2D eigenvalue weighted by Gasteiger charge is 2.35. The quantitative estimate of drug-likeness (QED) is 0.562. The van der Waals surface area contributed by atoms with Gasteiger partial charge in [-0.3, -0.25) is 19.9 Å². The second-order valence-corrected chi connectivity index (χ2v) is 9.36. The van der Waals surface area contributed by atoms with E-state index in [1.807, 2.05) is 0 Å². The molecule has 3 aromatic rings. The van der Waals surface area contributed by atoms with Crippen LogP contribution in [0.15, 0.2) is 40.8 Å². The zero-order valence-corrected chi connectivity index (χ0v) is 18.1. The number of thiazole rings is 1. The molecular weight excluding hydrogens is 472 g/mol. The Morgan fingerprint density at radius 2 is 2.00 bits per heavy atom. The van der Waals surface area contributed by atoms with Crippen molar-refractivity contribution in [3.8, 4) is 11.3 Å². The van der Waals surface area contributed by atoms with Crippen molar-refractivity contribution in [2.45, 2.75) is 12.5 Å². The molecular formula is C18H12Cl2FN5O2S2. The first-order valence-corrected chi connectivity index (χ1v) is 10.9. The minimum atomic E-state index is -0.852. The molecule has 4 rings (SSSR count). The number of carbonyl (C=O) groups is 2. The molecule has 1 aliphatic heterocycles. The summed E-state index contributed by atoms with van der Waals surface area (Å²) in [4.78, 5) is 28.9. The second kappa shape index (κ2) is 8.31. The van der Waals surface area contributed by atoms with Gasteiger partial charge in [0, 0.05) is 17.4 Å². The smallest absolute Gasteiger partial charge is 0.273 e. The molecule has 1 aromatic carbocycles. The molecule has 2 aromatic heterocycles. The van der Waals surface area contributed by atoms with Gasteiger partial charge in [0.15, 0.2) is 5.13 Å². The van der Waals surface area contributed by atoms with Gasteiger partial charge in [-0.2, -0.15) is 5.10 Å². The number of thiophene rings is 1. The van der Waals surface area contributed by atoms with E-state index >= 15 is 0 Å². The molecule has 0 saturated heterocycles. The normalized spacial score (nSPS) is 15.9. The first-order chi connectivity index (χ1) is 14.3. The van der Waals surface area contributed by atoms with Crippen molar-refractivity contribution in [2.75, 3.05) is 10.3 Å². The number of primary amides is 1. The average Bonchev–Trinajstić information content (AvgIpc) is 3.40. The van der Waals surface area contributed by atoms with Gasteiger partial charge in [0.05, 0.1) is 15.7 Å². The van der Waals surface area contributed by atoms with Gasteiger partial charge in [0.2, 0.25) is 5.91 Å². The van der Waals surface area contributed by atoms with E-state index < -0.39 is 23.7 Å². The number of aromatic nitrogens is 1. The predicted molar refractivity (Wildman–Crippen MR) is 118 cm³/mol. The third-order valence-electron chi connectivity index (χ3n) is 4.25. The standard InChI is InChI=1S/C18H12Cl2FN5O2S2/c19-14-5-10(15(20)30-14)12-7-29-18(23-12)24-17(28)11-6-13(16(22)27)26(25-11)9-3-1-8(21)2-4-9/h1-5,7,13H,6H2,(H2,22,27)(H,23,24,28). The van der Waals surface area contributed by atoms with Crippen LogP contribution in [0.2, 0.25) is 8.67 Å². The Kier molecular flexibility index (Phi) is 5.74. The van der Waals surface area contributed by atoms with E-state index in [9.17, 15) is 14.0 Å². The van der Waals surface area contributed by atoms with Gasteiger partial charge in [0.25, 0.3) is 5.91 Å². The number of hydrogen-bond acceptors (Lipinski definition) is 7. The van der Waals surface area contributed by atoms with E-state index in [2.05, 4.69) is 15.4 Å². The third-order valence-corrected chi connectivity index (χ3v) is 6.49. The molecule has 2 amide bonds. The Labute approximate surface area is 187 Å². The second-order valence-electron chi connectivity index (χ2n) is 6.22. The first-order valence-electron chi connectivity index (χ1n) is 8.45. The van der Waals surface area contributed by atoms with Crippen molar-refractivity contribution in [3.63, 3.8) is 0 Å². The van der Waals surface area contributed by atoms with Gasteiger partial charge < -0.3 is 5.73 Å². The molecule has 0 aliphatic carbocycles. The fourth-order valence-electron chi connectivity index (χ4n) is 2.84. The van der Waals surface area contributed by atoms with E-state index in [1.54, 1.807) is 11.4 Å². The minimum Gasteiger partial charge on any atom is -0.368 e. The number of rotatable bonds is 5. The van der Waals surface area contributed by atoms with Crippen LogP contribution < -0.4 is 16.1 Å². The van der Waals surface area contributed by atoms with E-state index in [0.717, 1.165) is 0 Å². The third kappa shape index (κ3) is 4.17. The molecule has 154 valence electrons. The lowest BCUT2D eigenvalue weighted by Crippen LogP contribution is -2.39. The lowest BCUT2D eigenvalue weighted by Gasteiger charge is -2.20. The number of amides is 2. The van der Waals surface area contributed by atoms with Crippen LogP contribution in [0.4, 0.5) is 15.2 Å². The SMILES string of the molecule is NC(=O)C1CC(C(=O)Nc2nc(-c3cc(Cl)sc3Cl)cs2)=NN1c1ccc(F)cc1. The van der Waals surface area contributed by atoms with Crippen molar-refractivity contribution in [3.05, 3.63) is 50.2 Å². The molecule has 0 radical (unpaired) electrons. The van der Waals surface area contributed by atoms with Gasteiger partial charge in [-0.25, -0.2) is 9.37 Å². The molecule has 0 saturated carbocycles. The van der Waals surface area contributed by atoms with E-state index in [-0.39, 0.29) is 12.1 Å². The number of hydrazone groups is 1. The summed E-state index contributed by atoms with van der Waals surface area (Å²) in [5, 5.41) is 10.3. The number of carbonyl (C=O) groups excluding carboxylic acids is 2. The summed E-state index contributed by atoms with van der Waals surface area (Å²) in [6.45, 7) is 0. The molecule has 1 aliphatic rings. The Morgan fingerprint density at radius 1 is 1.27 bits per heavy atom. The van der Waals surface area contributed by atoms with Crippen LogP contribution in [-0.4, -0.2) is 28.6 Å². The number of nitrogens with zero attached hydrogens (tertiary/aromatic N) is 3. The van der Waals surface area contributed by atoms with Crippen LogP contribution in [-0.2, 0) is 9.59 Å². The molecule has 12 heteroatoms. The van der Waals surface area contributed by atoms with Crippen molar-refractivity contribution in [1.29, 1.82) is 0 Å². The zero-order valence-electron chi connectivity index (χ0n) is 14.9. The molecule has 0 bridgehead atoms. The maximum Gasteiger partial charge on any atom is 0.273 e. The lowest BCUT2D eigenvalue weighted by molar-refractivity contribution is -0.119. The predicted octanol–water partition coefficient (Wildman–Crippen LogP) is 4.38. The Bertz CT molecular complexity index is 1160. The molecule has 1 unspecified atom stereocenters. The number of anilines is 2. The van der Waals surface area contributed by atoms with Crippen molar-refractivity contribution in [1.82, 2.24) is 4.98 Å². The molecule has 0 fully saturated rings. The van der Waals surface area contributed by atoms with Gasteiger partial charge in [-0.1, -0.05) is 23.2 Å². The highest BCUT2D eigenvalue weighted by atomic mass is 35.5. The highest BCUT2D eigenvalue weighted by molar-refractivity contribution is 7.20. The fraction of sp³-hybridized carbons (Fsp3) is 0.111. The molecule has 7 nitrogen and oxygen atoms in total. The van der Waals surface area contributed by atoms with Crippen LogP contribution in [0.25, 0.3) is 11.3 Å². The topological polar surface area (TPSA) is 101 Å². The summed E-state index contributed by atoms with van der Waals surface area (Å²) < 4.78 is 14.2. The molecule has 3 heterocycles. The number of nitrogens with one attached hydrogen (secondary N) is 1. The fourth-order valence-corrected chi connectivity index (χ4v) is 5.03. The summed E-state index contributed by atoms with van der Waals surface area (Å²) in [6.07, 6.45) is 0.0166. The number of benzene rings is 1. The maximum absolute atomic E-state index is 13.2. The Morgan fingerprint density at radius 3 is 2.63 bits per heavy atom. The first kappa shape index (κ1) is 20.7. The van der Waals surface area contributed by atoms with Crippen molar-refractivity contribution >= 4 is 74.2 Å². The molecule has 30 heavy (non-hydrogen) atoms. The largest absolute Gasteiger partial charge is 0.368 e. The number of hydrogen-bond donors (Lipinski definition) is 2. The molecule has 3 N–H and O–H groups in total. The Hall–Kier alpha value is -2.53. The van der Waals surface area contributed by atoms with Crippen LogP contribution in [0, 0.1) is 5.82 Å². The zero-order chi connectivity index (χ0) is 21.4. The minimum absolute atomic E-state index is 0.0166.